The van der Waals surface area contributed by atoms with Crippen molar-refractivity contribution < 1.29 is 23.4 Å². The molecule has 0 aliphatic rings. The van der Waals surface area contributed by atoms with Gasteiger partial charge in [0.25, 0.3) is 0 Å². The van der Waals surface area contributed by atoms with Gasteiger partial charge in [-0.3, -0.25) is 9.78 Å². The Morgan fingerprint density at radius 3 is 2.35 bits per heavy atom. The van der Waals surface area contributed by atoms with Crippen molar-refractivity contribution in [3.8, 4) is 17.2 Å². The molecule has 7 nitrogen and oxygen atoms in total. The molecule has 134 valence electrons. The van der Waals surface area contributed by atoms with Crippen molar-refractivity contribution in [1.82, 2.24) is 4.98 Å². The molecule has 0 bridgehead atoms. The number of fused-ring (bicyclic) bond motifs is 1. The number of oxazole rings is 1. The van der Waals surface area contributed by atoms with Crippen molar-refractivity contribution in [3.05, 3.63) is 58.1 Å². The summed E-state index contributed by atoms with van der Waals surface area (Å²) in [6, 6.07) is 8.22. The summed E-state index contributed by atoms with van der Waals surface area (Å²) < 4.78 is 20.8. The Morgan fingerprint density at radius 2 is 1.73 bits per heavy atom. The average Bonchev–Trinajstić information content (AvgIpc) is 3.04. The summed E-state index contributed by atoms with van der Waals surface area (Å²) in [6.07, 6.45) is 3.08. The summed E-state index contributed by atoms with van der Waals surface area (Å²) in [6.45, 7) is 0. The molecule has 0 unspecified atom stereocenters. The number of H-pyrrole nitrogens is 1. The molecular weight excluding hydrogens is 338 g/mol. The van der Waals surface area contributed by atoms with Crippen molar-refractivity contribution >= 4 is 23.0 Å². The molecule has 3 aromatic rings. The highest BCUT2D eigenvalue weighted by atomic mass is 16.5. The SMILES string of the molecule is COc1cc(C=CC(=O)c2ccc3oc(=O)[nH]c3c2)cc(OC)c1OC. The first-order valence-electron chi connectivity index (χ1n) is 7.71. The van der Waals surface area contributed by atoms with Gasteiger partial charge in [0.2, 0.25) is 5.75 Å². The molecule has 0 saturated carbocycles. The molecule has 0 atom stereocenters. The molecule has 2 aromatic carbocycles. The van der Waals surface area contributed by atoms with Crippen LogP contribution in [0.25, 0.3) is 17.2 Å². The number of methoxy groups -OCH3 is 3. The predicted molar refractivity (Wildman–Crippen MR) is 96.3 cm³/mol. The molecule has 0 aliphatic carbocycles. The van der Waals surface area contributed by atoms with E-state index in [1.54, 1.807) is 36.4 Å². The second-order valence-corrected chi connectivity index (χ2v) is 5.38. The van der Waals surface area contributed by atoms with Crippen LogP contribution >= 0.6 is 0 Å². The van der Waals surface area contributed by atoms with E-state index in [-0.39, 0.29) is 5.78 Å². The molecule has 1 aromatic heterocycles. The molecule has 0 aliphatic heterocycles. The van der Waals surface area contributed by atoms with Gasteiger partial charge in [-0.05, 0) is 42.0 Å². The second kappa shape index (κ2) is 7.18. The Morgan fingerprint density at radius 1 is 1.04 bits per heavy atom. The first-order valence-corrected chi connectivity index (χ1v) is 7.71. The van der Waals surface area contributed by atoms with Crippen molar-refractivity contribution in [2.75, 3.05) is 21.3 Å². The molecule has 1 heterocycles. The molecular formula is C19H17NO6. The average molecular weight is 355 g/mol. The number of carbonyl (C=O) groups is 1. The van der Waals surface area contributed by atoms with Gasteiger partial charge in [0.15, 0.2) is 22.9 Å². The standard InChI is InChI=1S/C19H17NO6/c1-23-16-8-11(9-17(24-2)18(16)25-3)4-6-14(21)12-5-7-15-13(10-12)20-19(22)26-15/h4-10H,1-3H3,(H,20,22). The van der Waals surface area contributed by atoms with Gasteiger partial charge in [-0.1, -0.05) is 6.08 Å². The molecule has 26 heavy (non-hydrogen) atoms. The zero-order valence-electron chi connectivity index (χ0n) is 14.5. The Balaban J connectivity index is 1.90. The molecule has 0 radical (unpaired) electrons. The highest BCUT2D eigenvalue weighted by Gasteiger charge is 2.12. The first-order chi connectivity index (χ1) is 12.5. The lowest BCUT2D eigenvalue weighted by Crippen LogP contribution is -1.96. The number of hydrogen-bond donors (Lipinski definition) is 1. The number of carbonyl (C=O) groups excluding carboxylic acids is 1. The van der Waals surface area contributed by atoms with Crippen molar-refractivity contribution in [1.29, 1.82) is 0 Å². The van der Waals surface area contributed by atoms with Gasteiger partial charge in [0.05, 0.1) is 26.8 Å². The van der Waals surface area contributed by atoms with E-state index in [9.17, 15) is 9.59 Å². The fourth-order valence-corrected chi connectivity index (χ4v) is 2.57. The van der Waals surface area contributed by atoms with Crippen LogP contribution in [0.15, 0.2) is 45.6 Å². The van der Waals surface area contributed by atoms with Gasteiger partial charge in [0, 0.05) is 5.56 Å². The number of aromatic nitrogens is 1. The van der Waals surface area contributed by atoms with Crippen molar-refractivity contribution in [2.45, 2.75) is 0 Å². The van der Waals surface area contributed by atoms with Gasteiger partial charge in [0.1, 0.15) is 0 Å². The topological polar surface area (TPSA) is 90.8 Å². The van der Waals surface area contributed by atoms with E-state index in [0.717, 1.165) is 0 Å². The van der Waals surface area contributed by atoms with Gasteiger partial charge in [-0.25, -0.2) is 4.79 Å². The molecule has 0 amide bonds. The molecule has 0 saturated heterocycles. The summed E-state index contributed by atoms with van der Waals surface area (Å²) in [5.41, 5.74) is 2.02. The molecule has 1 N–H and O–H groups in total. The number of hydrogen-bond acceptors (Lipinski definition) is 6. The minimum Gasteiger partial charge on any atom is -0.493 e. The van der Waals surface area contributed by atoms with Gasteiger partial charge < -0.3 is 18.6 Å². The monoisotopic (exact) mass is 355 g/mol. The van der Waals surface area contributed by atoms with E-state index < -0.39 is 5.76 Å². The highest BCUT2D eigenvalue weighted by Crippen LogP contribution is 2.38. The van der Waals surface area contributed by atoms with E-state index in [0.29, 0.717) is 39.5 Å². The number of benzene rings is 2. The summed E-state index contributed by atoms with van der Waals surface area (Å²) in [5, 5.41) is 0. The Bertz CT molecular complexity index is 1020. The van der Waals surface area contributed by atoms with Crippen LogP contribution < -0.4 is 20.0 Å². The first kappa shape index (κ1) is 17.3. The van der Waals surface area contributed by atoms with Crippen LogP contribution in [0, 0.1) is 0 Å². The number of aromatic amines is 1. The maximum Gasteiger partial charge on any atom is 0.417 e. The van der Waals surface area contributed by atoms with Crippen LogP contribution in [0.4, 0.5) is 0 Å². The largest absolute Gasteiger partial charge is 0.493 e. The minimum atomic E-state index is -0.558. The third-order valence-corrected chi connectivity index (χ3v) is 3.82. The van der Waals surface area contributed by atoms with E-state index in [1.165, 1.54) is 27.4 Å². The Labute approximate surface area is 148 Å². The maximum absolute atomic E-state index is 12.4. The third-order valence-electron chi connectivity index (χ3n) is 3.82. The lowest BCUT2D eigenvalue weighted by molar-refractivity contribution is 0.104. The zero-order valence-corrected chi connectivity index (χ0v) is 14.5. The van der Waals surface area contributed by atoms with E-state index in [1.807, 2.05) is 0 Å². The molecule has 3 rings (SSSR count). The van der Waals surface area contributed by atoms with Crippen LogP contribution in [0.3, 0.4) is 0 Å². The van der Waals surface area contributed by atoms with Gasteiger partial charge >= 0.3 is 5.76 Å². The molecule has 0 fully saturated rings. The normalized spacial score (nSPS) is 11.0. The summed E-state index contributed by atoms with van der Waals surface area (Å²) in [5.74, 6) is 0.695. The van der Waals surface area contributed by atoms with E-state index >= 15 is 0 Å². The predicted octanol–water partition coefficient (Wildman–Crippen LogP) is 3.04. The smallest absolute Gasteiger partial charge is 0.417 e. The number of nitrogens with one attached hydrogen (secondary N) is 1. The lowest BCUT2D eigenvalue weighted by Gasteiger charge is -2.12. The van der Waals surface area contributed by atoms with Crippen LogP contribution in [-0.4, -0.2) is 32.1 Å². The molecule has 0 spiro atoms. The zero-order chi connectivity index (χ0) is 18.7. The number of ketones is 1. The van der Waals surface area contributed by atoms with Gasteiger partial charge in [-0.2, -0.15) is 0 Å². The Hall–Kier alpha value is -3.48. The maximum atomic E-state index is 12.4. The fraction of sp³-hybridized carbons (Fsp3) is 0.158. The van der Waals surface area contributed by atoms with Gasteiger partial charge in [-0.15, -0.1) is 0 Å². The highest BCUT2D eigenvalue weighted by molar-refractivity contribution is 6.08. The summed E-state index contributed by atoms with van der Waals surface area (Å²) >= 11 is 0. The van der Waals surface area contributed by atoms with E-state index in [4.69, 9.17) is 18.6 Å². The number of rotatable bonds is 6. The van der Waals surface area contributed by atoms with E-state index in [2.05, 4.69) is 4.98 Å². The number of allylic oxidation sites excluding steroid dienone is 1. The molecule has 7 heteroatoms. The van der Waals surface area contributed by atoms with Crippen LogP contribution in [0.2, 0.25) is 0 Å². The van der Waals surface area contributed by atoms with Crippen LogP contribution in [0.5, 0.6) is 17.2 Å². The quantitative estimate of drug-likeness (QED) is 0.540. The number of ether oxygens (including phenoxy) is 3. The fourth-order valence-electron chi connectivity index (χ4n) is 2.57. The second-order valence-electron chi connectivity index (χ2n) is 5.38. The lowest BCUT2D eigenvalue weighted by atomic mass is 10.1. The minimum absolute atomic E-state index is 0.220. The summed E-state index contributed by atoms with van der Waals surface area (Å²) in [7, 11) is 4.57. The Kier molecular flexibility index (Phi) is 4.79. The summed E-state index contributed by atoms with van der Waals surface area (Å²) in [4.78, 5) is 26.1. The van der Waals surface area contributed by atoms with Crippen molar-refractivity contribution in [2.24, 2.45) is 0 Å². The third kappa shape index (κ3) is 3.32. The van der Waals surface area contributed by atoms with Crippen LogP contribution in [0.1, 0.15) is 15.9 Å². The van der Waals surface area contributed by atoms with Crippen molar-refractivity contribution in [3.63, 3.8) is 0 Å². The van der Waals surface area contributed by atoms with Crippen LogP contribution in [-0.2, 0) is 0 Å².